The third-order valence-corrected chi connectivity index (χ3v) is 4.86. The number of anilines is 2. The Kier molecular flexibility index (Phi) is 4.22. The largest absolute Gasteiger partial charge is 0.460 e. The van der Waals surface area contributed by atoms with Crippen LogP contribution >= 0.6 is 0 Å². The molecular weight excluding hydrogens is 336 g/mol. The van der Waals surface area contributed by atoms with Gasteiger partial charge in [0.2, 0.25) is 5.78 Å². The second-order valence-corrected chi connectivity index (χ2v) is 6.98. The Bertz CT molecular complexity index is 1140. The zero-order valence-corrected chi connectivity index (χ0v) is 16.4. The molecule has 3 aromatic heterocycles. The van der Waals surface area contributed by atoms with Gasteiger partial charge < -0.3 is 9.73 Å². The van der Waals surface area contributed by atoms with Gasteiger partial charge in [0.25, 0.3) is 0 Å². The molecule has 5 heteroatoms. The average Bonchev–Trinajstić information content (AvgIpc) is 3.20. The Morgan fingerprint density at radius 3 is 2.56 bits per heavy atom. The molecule has 0 saturated heterocycles. The van der Waals surface area contributed by atoms with Crippen molar-refractivity contribution in [3.8, 4) is 11.5 Å². The summed E-state index contributed by atoms with van der Waals surface area (Å²) in [6.45, 7) is 10.3. The van der Waals surface area contributed by atoms with E-state index >= 15 is 0 Å². The summed E-state index contributed by atoms with van der Waals surface area (Å²) in [5.74, 6) is 3.15. The van der Waals surface area contributed by atoms with Gasteiger partial charge in [0, 0.05) is 17.1 Å². The van der Waals surface area contributed by atoms with E-state index in [1.165, 1.54) is 11.1 Å². The molecule has 4 aromatic rings. The van der Waals surface area contributed by atoms with E-state index in [2.05, 4.69) is 59.7 Å². The van der Waals surface area contributed by atoms with Crippen LogP contribution in [0.1, 0.15) is 35.2 Å². The van der Waals surface area contributed by atoms with Crippen LogP contribution in [-0.2, 0) is 6.42 Å². The summed E-state index contributed by atoms with van der Waals surface area (Å²) >= 11 is 0. The fourth-order valence-electron chi connectivity index (χ4n) is 3.54. The van der Waals surface area contributed by atoms with E-state index in [4.69, 9.17) is 9.40 Å². The van der Waals surface area contributed by atoms with E-state index in [1.807, 2.05) is 26.0 Å². The molecule has 0 bridgehead atoms. The zero-order chi connectivity index (χ0) is 19.1. The van der Waals surface area contributed by atoms with Crippen molar-refractivity contribution in [1.82, 2.24) is 14.4 Å². The summed E-state index contributed by atoms with van der Waals surface area (Å²) in [4.78, 5) is 9.42. The summed E-state index contributed by atoms with van der Waals surface area (Å²) in [6, 6.07) is 12.4. The molecule has 0 radical (unpaired) electrons. The van der Waals surface area contributed by atoms with Gasteiger partial charge in [-0.3, -0.25) is 4.40 Å². The maximum absolute atomic E-state index is 5.89. The van der Waals surface area contributed by atoms with Gasteiger partial charge in [-0.05, 0) is 63.4 Å². The van der Waals surface area contributed by atoms with E-state index in [-0.39, 0.29) is 0 Å². The summed E-state index contributed by atoms with van der Waals surface area (Å²) in [6.07, 6.45) is 0.951. The molecule has 0 aliphatic carbocycles. The monoisotopic (exact) mass is 360 g/mol. The highest BCUT2D eigenvalue weighted by atomic mass is 16.3. The van der Waals surface area contributed by atoms with Gasteiger partial charge in [-0.15, -0.1) is 0 Å². The number of imidazole rings is 1. The normalized spacial score (nSPS) is 11.3. The van der Waals surface area contributed by atoms with Crippen LogP contribution in [-0.4, -0.2) is 14.4 Å². The summed E-state index contributed by atoms with van der Waals surface area (Å²) in [5, 5.41) is 3.65. The van der Waals surface area contributed by atoms with Crippen LogP contribution in [0.25, 0.3) is 17.2 Å². The predicted octanol–water partition coefficient (Wildman–Crippen LogP) is 5.53. The Morgan fingerprint density at radius 2 is 1.85 bits per heavy atom. The van der Waals surface area contributed by atoms with Gasteiger partial charge in [-0.2, -0.15) is 0 Å². The number of nitrogens with one attached hydrogen (secondary N) is 1. The number of aromatic nitrogens is 3. The third kappa shape index (κ3) is 2.99. The first-order valence-electron chi connectivity index (χ1n) is 9.27. The fourth-order valence-corrected chi connectivity index (χ4v) is 3.54. The van der Waals surface area contributed by atoms with Gasteiger partial charge in [0.05, 0.1) is 0 Å². The lowest BCUT2D eigenvalue weighted by Crippen LogP contribution is -2.04. The number of hydrogen-bond donors (Lipinski definition) is 1. The number of furan rings is 1. The fraction of sp³-hybridized carbons (Fsp3) is 0.273. The van der Waals surface area contributed by atoms with Crippen LogP contribution in [0, 0.1) is 27.7 Å². The molecule has 27 heavy (non-hydrogen) atoms. The Morgan fingerprint density at radius 1 is 1.04 bits per heavy atom. The lowest BCUT2D eigenvalue weighted by Gasteiger charge is -2.15. The first-order valence-corrected chi connectivity index (χ1v) is 9.27. The number of aryl methyl sites for hydroxylation is 5. The highest BCUT2D eigenvalue weighted by Gasteiger charge is 2.20. The second kappa shape index (κ2) is 6.58. The number of nitrogens with zero attached hydrogens (tertiary/aromatic N) is 3. The Hall–Kier alpha value is -3.08. The van der Waals surface area contributed by atoms with Gasteiger partial charge in [0.1, 0.15) is 11.6 Å². The summed E-state index contributed by atoms with van der Waals surface area (Å²) in [7, 11) is 0. The van der Waals surface area contributed by atoms with Crippen molar-refractivity contribution >= 4 is 17.3 Å². The number of para-hydroxylation sites is 1. The highest BCUT2D eigenvalue weighted by molar-refractivity contribution is 5.78. The van der Waals surface area contributed by atoms with Gasteiger partial charge >= 0.3 is 0 Å². The number of benzene rings is 1. The highest BCUT2D eigenvalue weighted by Crippen LogP contribution is 2.34. The Labute approximate surface area is 159 Å². The average molecular weight is 360 g/mol. The minimum atomic E-state index is 0.672. The molecule has 0 amide bonds. The molecule has 0 spiro atoms. The number of hydrogen-bond acceptors (Lipinski definition) is 4. The maximum atomic E-state index is 5.89. The molecular formula is C22H24N4O. The van der Waals surface area contributed by atoms with Crippen molar-refractivity contribution in [2.24, 2.45) is 0 Å². The summed E-state index contributed by atoms with van der Waals surface area (Å²) in [5.41, 5.74) is 6.38. The van der Waals surface area contributed by atoms with Crippen molar-refractivity contribution in [2.45, 2.75) is 41.0 Å². The van der Waals surface area contributed by atoms with E-state index in [9.17, 15) is 0 Å². The molecule has 3 heterocycles. The van der Waals surface area contributed by atoms with Gasteiger partial charge in [-0.1, -0.05) is 25.1 Å². The lowest BCUT2D eigenvalue weighted by atomic mass is 10.1. The molecule has 0 aliphatic heterocycles. The van der Waals surface area contributed by atoms with Crippen LogP contribution in [0.4, 0.5) is 11.5 Å². The standard InChI is InChI=1S/C22H24N4O/c1-6-17-9-7-8-13(2)19(17)24-21-20(18-11-10-16(5)27-18)25-22-23-14(3)12-15(4)26(21)22/h7-12,24H,6H2,1-5H3. The first-order chi connectivity index (χ1) is 13.0. The smallest absolute Gasteiger partial charge is 0.236 e. The van der Waals surface area contributed by atoms with Crippen LogP contribution in [0.2, 0.25) is 0 Å². The quantitative estimate of drug-likeness (QED) is 0.520. The first kappa shape index (κ1) is 17.3. The third-order valence-electron chi connectivity index (χ3n) is 4.86. The molecule has 5 nitrogen and oxygen atoms in total. The van der Waals surface area contributed by atoms with Crippen molar-refractivity contribution in [1.29, 1.82) is 0 Å². The predicted molar refractivity (Wildman–Crippen MR) is 109 cm³/mol. The van der Waals surface area contributed by atoms with Crippen molar-refractivity contribution in [3.05, 3.63) is 64.7 Å². The molecule has 0 atom stereocenters. The molecule has 1 aromatic carbocycles. The van der Waals surface area contributed by atoms with E-state index in [0.717, 1.165) is 46.5 Å². The van der Waals surface area contributed by atoms with Crippen LogP contribution in [0.5, 0.6) is 0 Å². The maximum Gasteiger partial charge on any atom is 0.236 e. The minimum Gasteiger partial charge on any atom is -0.460 e. The minimum absolute atomic E-state index is 0.672. The van der Waals surface area contributed by atoms with Gasteiger partial charge in [-0.25, -0.2) is 9.97 Å². The second-order valence-electron chi connectivity index (χ2n) is 6.98. The topological polar surface area (TPSA) is 55.4 Å². The van der Waals surface area contributed by atoms with Crippen molar-refractivity contribution < 1.29 is 4.42 Å². The number of fused-ring (bicyclic) bond motifs is 1. The van der Waals surface area contributed by atoms with E-state index in [1.54, 1.807) is 0 Å². The Balaban J connectivity index is 1.98. The molecule has 1 N–H and O–H groups in total. The van der Waals surface area contributed by atoms with Gasteiger partial charge in [0.15, 0.2) is 11.5 Å². The lowest BCUT2D eigenvalue weighted by molar-refractivity contribution is 0.547. The molecule has 0 fully saturated rings. The van der Waals surface area contributed by atoms with Crippen molar-refractivity contribution in [2.75, 3.05) is 5.32 Å². The molecule has 0 unspecified atom stereocenters. The molecule has 4 rings (SSSR count). The molecule has 138 valence electrons. The van der Waals surface area contributed by atoms with E-state index in [0.29, 0.717) is 5.78 Å². The van der Waals surface area contributed by atoms with Crippen molar-refractivity contribution in [3.63, 3.8) is 0 Å². The number of rotatable bonds is 4. The molecule has 0 aliphatic rings. The zero-order valence-electron chi connectivity index (χ0n) is 16.4. The van der Waals surface area contributed by atoms with E-state index < -0.39 is 0 Å². The molecule has 0 saturated carbocycles. The SMILES string of the molecule is CCc1cccc(C)c1Nc1c(-c2ccc(C)o2)nc2nc(C)cc(C)n12. The summed E-state index contributed by atoms with van der Waals surface area (Å²) < 4.78 is 7.95. The van der Waals surface area contributed by atoms with Crippen LogP contribution in [0.15, 0.2) is 40.8 Å². The van der Waals surface area contributed by atoms with Crippen LogP contribution in [0.3, 0.4) is 0 Å². The van der Waals surface area contributed by atoms with Crippen LogP contribution < -0.4 is 5.32 Å².